The number of hydrogen-bond donors (Lipinski definition) is 1. The van der Waals surface area contributed by atoms with Gasteiger partial charge < -0.3 is 5.11 Å². The van der Waals surface area contributed by atoms with Crippen molar-refractivity contribution in [1.82, 2.24) is 20.2 Å². The number of carbonyl (C=O) groups is 1. The molecule has 0 radical (unpaired) electrons. The molecule has 0 fully saturated rings. The van der Waals surface area contributed by atoms with Crippen LogP contribution in [-0.4, -0.2) is 31.3 Å². The van der Waals surface area contributed by atoms with Crippen molar-refractivity contribution in [1.29, 1.82) is 0 Å². The lowest BCUT2D eigenvalue weighted by molar-refractivity contribution is -0.143. The summed E-state index contributed by atoms with van der Waals surface area (Å²) in [6, 6.07) is 9.30. The maximum atomic E-state index is 11.5. The molecule has 0 saturated carbocycles. The average Bonchev–Trinajstić information content (AvgIpc) is 2.94. The summed E-state index contributed by atoms with van der Waals surface area (Å²) in [6.07, 6.45) is 2.17. The normalized spacial score (nSPS) is 13.8. The lowest BCUT2D eigenvalue weighted by Crippen LogP contribution is -2.28. The summed E-state index contributed by atoms with van der Waals surface area (Å²) in [5, 5.41) is 21.0. The van der Waals surface area contributed by atoms with Crippen molar-refractivity contribution in [3.05, 3.63) is 41.7 Å². The number of tetrazole rings is 1. The lowest BCUT2D eigenvalue weighted by atomic mass is 9.99. The van der Waals surface area contributed by atoms with Crippen molar-refractivity contribution in [2.24, 2.45) is 5.92 Å². The second-order valence-corrected chi connectivity index (χ2v) is 5.19. The van der Waals surface area contributed by atoms with Gasteiger partial charge in [0, 0.05) is 6.42 Å². The summed E-state index contributed by atoms with van der Waals surface area (Å²) in [4.78, 5) is 11.5. The number of benzene rings is 1. The van der Waals surface area contributed by atoms with Gasteiger partial charge in [0.15, 0.2) is 11.9 Å². The number of carboxylic acid groups (broad SMARTS) is 1. The minimum absolute atomic E-state index is 0.0264. The van der Waals surface area contributed by atoms with Crippen molar-refractivity contribution in [2.45, 2.75) is 39.2 Å². The highest BCUT2D eigenvalue weighted by Crippen LogP contribution is 2.21. The van der Waals surface area contributed by atoms with E-state index in [-0.39, 0.29) is 5.92 Å². The summed E-state index contributed by atoms with van der Waals surface area (Å²) in [5.41, 5.74) is 1.18. The summed E-state index contributed by atoms with van der Waals surface area (Å²) in [6.45, 7) is 3.87. The number of aromatic nitrogens is 4. The highest BCUT2D eigenvalue weighted by atomic mass is 16.4. The van der Waals surface area contributed by atoms with Gasteiger partial charge in [-0.1, -0.05) is 50.6 Å². The third-order valence-electron chi connectivity index (χ3n) is 3.74. The third-order valence-corrected chi connectivity index (χ3v) is 3.74. The third kappa shape index (κ3) is 3.65. The Morgan fingerprint density at radius 3 is 2.62 bits per heavy atom. The van der Waals surface area contributed by atoms with E-state index in [1.54, 1.807) is 0 Å². The molecule has 21 heavy (non-hydrogen) atoms. The lowest BCUT2D eigenvalue weighted by Gasteiger charge is -2.19. The van der Waals surface area contributed by atoms with Crippen LogP contribution in [0.5, 0.6) is 0 Å². The Morgan fingerprint density at radius 2 is 2.00 bits per heavy atom. The number of hydrogen-bond acceptors (Lipinski definition) is 4. The van der Waals surface area contributed by atoms with Crippen LogP contribution in [0.15, 0.2) is 30.3 Å². The average molecular weight is 288 g/mol. The van der Waals surface area contributed by atoms with E-state index in [4.69, 9.17) is 0 Å². The fraction of sp³-hybridized carbons (Fsp3) is 0.467. The number of aryl methyl sites for hydroxylation is 2. The molecule has 1 aromatic heterocycles. The van der Waals surface area contributed by atoms with Gasteiger partial charge in [0.25, 0.3) is 0 Å². The fourth-order valence-corrected chi connectivity index (χ4v) is 2.31. The molecule has 1 N–H and O–H groups in total. The van der Waals surface area contributed by atoms with Gasteiger partial charge in [0.2, 0.25) is 0 Å². The smallest absolute Gasteiger partial charge is 0.328 e. The van der Waals surface area contributed by atoms with Gasteiger partial charge in [0.1, 0.15) is 0 Å². The Labute approximate surface area is 123 Å². The van der Waals surface area contributed by atoms with Crippen LogP contribution in [-0.2, 0) is 17.6 Å². The molecule has 0 bridgehead atoms. The molecule has 6 heteroatoms. The first-order chi connectivity index (χ1) is 10.1. The maximum Gasteiger partial charge on any atom is 0.328 e. The number of aliphatic carboxylic acids is 1. The van der Waals surface area contributed by atoms with Crippen LogP contribution >= 0.6 is 0 Å². The van der Waals surface area contributed by atoms with Gasteiger partial charge in [-0.05, 0) is 28.3 Å². The first-order valence-electron chi connectivity index (χ1n) is 7.17. The molecule has 6 nitrogen and oxygen atoms in total. The van der Waals surface area contributed by atoms with E-state index >= 15 is 0 Å². The van der Waals surface area contributed by atoms with Crippen LogP contribution in [0.2, 0.25) is 0 Å². The van der Waals surface area contributed by atoms with Gasteiger partial charge in [-0.2, -0.15) is 0 Å². The summed E-state index contributed by atoms with van der Waals surface area (Å²) >= 11 is 0. The zero-order chi connectivity index (χ0) is 15.2. The molecule has 0 saturated heterocycles. The molecule has 0 spiro atoms. The highest BCUT2D eigenvalue weighted by Gasteiger charge is 2.29. The summed E-state index contributed by atoms with van der Waals surface area (Å²) in [5.74, 6) is -0.300. The SMILES string of the molecule is CCC(C)C(C(=O)O)n1nnnc1CCc1ccccc1. The van der Waals surface area contributed by atoms with E-state index in [9.17, 15) is 9.90 Å². The predicted octanol–water partition coefficient (Wildman–Crippen LogP) is 2.13. The molecule has 112 valence electrons. The molecule has 0 aliphatic rings. The van der Waals surface area contributed by atoms with Crippen LogP contribution in [0.25, 0.3) is 0 Å². The first-order valence-corrected chi connectivity index (χ1v) is 7.17. The Hall–Kier alpha value is -2.24. The Balaban J connectivity index is 2.15. The van der Waals surface area contributed by atoms with Crippen LogP contribution in [0, 0.1) is 5.92 Å². The number of nitrogens with zero attached hydrogens (tertiary/aromatic N) is 4. The Bertz CT molecular complexity index is 582. The van der Waals surface area contributed by atoms with Gasteiger partial charge in [-0.15, -0.1) is 5.10 Å². The van der Waals surface area contributed by atoms with E-state index in [1.165, 1.54) is 10.2 Å². The molecule has 0 amide bonds. The van der Waals surface area contributed by atoms with Gasteiger partial charge in [-0.3, -0.25) is 0 Å². The second-order valence-electron chi connectivity index (χ2n) is 5.19. The molecule has 0 aliphatic carbocycles. The molecule has 0 aliphatic heterocycles. The molecule has 1 heterocycles. The minimum atomic E-state index is -0.891. The molecule has 1 aromatic carbocycles. The van der Waals surface area contributed by atoms with Crippen molar-refractivity contribution in [3.63, 3.8) is 0 Å². The Morgan fingerprint density at radius 1 is 1.29 bits per heavy atom. The molecular weight excluding hydrogens is 268 g/mol. The highest BCUT2D eigenvalue weighted by molar-refractivity contribution is 5.72. The summed E-state index contributed by atoms with van der Waals surface area (Å²) < 4.78 is 1.46. The van der Waals surface area contributed by atoms with Gasteiger partial charge in [0.05, 0.1) is 0 Å². The first kappa shape index (κ1) is 15.2. The largest absolute Gasteiger partial charge is 0.480 e. The number of carboxylic acids is 1. The van der Waals surface area contributed by atoms with Crippen molar-refractivity contribution >= 4 is 5.97 Å². The number of rotatable bonds is 7. The Kier molecular flexibility index (Phi) is 5.03. The van der Waals surface area contributed by atoms with Crippen LogP contribution in [0.4, 0.5) is 0 Å². The quantitative estimate of drug-likeness (QED) is 0.844. The summed E-state index contributed by atoms with van der Waals surface area (Å²) in [7, 11) is 0. The van der Waals surface area contributed by atoms with Crippen molar-refractivity contribution in [2.75, 3.05) is 0 Å². The topological polar surface area (TPSA) is 80.9 Å². The van der Waals surface area contributed by atoms with E-state index in [0.717, 1.165) is 12.8 Å². The van der Waals surface area contributed by atoms with E-state index < -0.39 is 12.0 Å². The zero-order valence-corrected chi connectivity index (χ0v) is 12.3. The predicted molar refractivity (Wildman–Crippen MR) is 77.8 cm³/mol. The maximum absolute atomic E-state index is 11.5. The monoisotopic (exact) mass is 288 g/mol. The molecule has 2 rings (SSSR count). The molecule has 2 unspecified atom stereocenters. The van der Waals surface area contributed by atoms with Crippen LogP contribution < -0.4 is 0 Å². The van der Waals surface area contributed by atoms with E-state index in [1.807, 2.05) is 44.2 Å². The van der Waals surface area contributed by atoms with Crippen LogP contribution in [0.3, 0.4) is 0 Å². The van der Waals surface area contributed by atoms with Crippen molar-refractivity contribution in [3.8, 4) is 0 Å². The van der Waals surface area contributed by atoms with E-state index in [0.29, 0.717) is 12.2 Å². The molecular formula is C15H20N4O2. The van der Waals surface area contributed by atoms with E-state index in [2.05, 4.69) is 15.5 Å². The molecule has 2 aromatic rings. The van der Waals surface area contributed by atoms with Gasteiger partial charge >= 0.3 is 5.97 Å². The van der Waals surface area contributed by atoms with Crippen molar-refractivity contribution < 1.29 is 9.90 Å². The second kappa shape index (κ2) is 6.97. The fourth-order valence-electron chi connectivity index (χ4n) is 2.31. The minimum Gasteiger partial charge on any atom is -0.480 e. The molecule has 2 atom stereocenters. The zero-order valence-electron chi connectivity index (χ0n) is 12.3. The standard InChI is InChI=1S/C15H20N4O2/c1-3-11(2)14(15(20)21)19-13(16-17-18-19)10-9-12-7-5-4-6-8-12/h4-8,11,14H,3,9-10H2,1-2H3,(H,20,21). The van der Waals surface area contributed by atoms with Gasteiger partial charge in [-0.25, -0.2) is 9.48 Å². The van der Waals surface area contributed by atoms with Crippen LogP contribution in [0.1, 0.15) is 37.7 Å².